The number of amides is 1. The van der Waals surface area contributed by atoms with Crippen molar-refractivity contribution in [2.75, 3.05) is 0 Å². The summed E-state index contributed by atoms with van der Waals surface area (Å²) in [5.41, 5.74) is 1.01. The number of alkyl carbamates (subject to hydrolysis) is 1. The van der Waals surface area contributed by atoms with E-state index in [1.54, 1.807) is 45.0 Å². The first-order valence-electron chi connectivity index (χ1n) is 10.8. The molecule has 31 heavy (non-hydrogen) atoms. The summed E-state index contributed by atoms with van der Waals surface area (Å²) in [5.74, 6) is 0.198. The van der Waals surface area contributed by atoms with Crippen LogP contribution >= 0.6 is 0 Å². The summed E-state index contributed by atoms with van der Waals surface area (Å²) >= 11 is 0. The Kier molecular flexibility index (Phi) is 7.55. The van der Waals surface area contributed by atoms with Gasteiger partial charge in [-0.05, 0) is 69.7 Å². The number of esters is 1. The van der Waals surface area contributed by atoms with Crippen molar-refractivity contribution in [3.05, 3.63) is 65.7 Å². The van der Waals surface area contributed by atoms with Crippen LogP contribution in [0, 0.1) is 0 Å². The SMILES string of the molecule is CC(C)(C)OC(=O)N[C@H](C(=O)OC1CCCC1)c1ccc(OCc2ccccc2)cc1. The number of carbonyl (C=O) groups is 2. The number of carbonyl (C=O) groups excluding carboxylic acids is 2. The molecule has 1 aliphatic carbocycles. The molecule has 0 spiro atoms. The molecule has 0 aliphatic heterocycles. The molecule has 1 N–H and O–H groups in total. The van der Waals surface area contributed by atoms with Gasteiger partial charge in [-0.15, -0.1) is 0 Å². The molecule has 1 aliphatic rings. The van der Waals surface area contributed by atoms with E-state index in [1.807, 2.05) is 30.3 Å². The van der Waals surface area contributed by atoms with Crippen LogP contribution in [0.3, 0.4) is 0 Å². The molecule has 2 aromatic rings. The Balaban J connectivity index is 1.69. The lowest BCUT2D eigenvalue weighted by atomic mass is 10.1. The van der Waals surface area contributed by atoms with Gasteiger partial charge in [0.1, 0.15) is 24.1 Å². The van der Waals surface area contributed by atoms with Gasteiger partial charge < -0.3 is 19.5 Å². The lowest BCUT2D eigenvalue weighted by Crippen LogP contribution is -2.39. The van der Waals surface area contributed by atoms with Gasteiger partial charge in [-0.25, -0.2) is 9.59 Å². The molecule has 1 saturated carbocycles. The molecule has 0 aromatic heterocycles. The molecule has 2 aromatic carbocycles. The van der Waals surface area contributed by atoms with E-state index >= 15 is 0 Å². The first-order valence-corrected chi connectivity index (χ1v) is 10.8. The van der Waals surface area contributed by atoms with E-state index in [1.165, 1.54) is 0 Å². The Labute approximate surface area is 183 Å². The zero-order valence-corrected chi connectivity index (χ0v) is 18.4. The van der Waals surface area contributed by atoms with E-state index < -0.39 is 23.7 Å². The highest BCUT2D eigenvalue weighted by Crippen LogP contribution is 2.25. The number of hydrogen-bond acceptors (Lipinski definition) is 5. The highest BCUT2D eigenvalue weighted by molar-refractivity contribution is 5.83. The fourth-order valence-electron chi connectivity index (χ4n) is 3.44. The molecule has 0 unspecified atom stereocenters. The molecule has 3 rings (SSSR count). The number of rotatable bonds is 7. The van der Waals surface area contributed by atoms with Gasteiger partial charge in [0.2, 0.25) is 0 Å². The minimum Gasteiger partial charge on any atom is -0.489 e. The summed E-state index contributed by atoms with van der Waals surface area (Å²) in [6.07, 6.45) is 3.06. The monoisotopic (exact) mass is 425 g/mol. The van der Waals surface area contributed by atoms with Gasteiger partial charge in [0.25, 0.3) is 0 Å². The maximum atomic E-state index is 12.9. The van der Waals surface area contributed by atoms with Crippen molar-refractivity contribution in [2.24, 2.45) is 0 Å². The molecule has 0 radical (unpaired) electrons. The molecule has 166 valence electrons. The topological polar surface area (TPSA) is 73.9 Å². The fraction of sp³-hybridized carbons (Fsp3) is 0.440. The maximum absolute atomic E-state index is 12.9. The Morgan fingerprint density at radius 2 is 1.65 bits per heavy atom. The molecule has 0 bridgehead atoms. The van der Waals surface area contributed by atoms with Crippen molar-refractivity contribution in [1.82, 2.24) is 5.32 Å². The van der Waals surface area contributed by atoms with Gasteiger partial charge in [0.05, 0.1) is 0 Å². The molecule has 1 amide bonds. The van der Waals surface area contributed by atoms with Crippen molar-refractivity contribution in [3.63, 3.8) is 0 Å². The maximum Gasteiger partial charge on any atom is 0.408 e. The van der Waals surface area contributed by atoms with Crippen molar-refractivity contribution in [3.8, 4) is 5.75 Å². The third kappa shape index (κ3) is 7.31. The summed E-state index contributed by atoms with van der Waals surface area (Å²) in [7, 11) is 0. The van der Waals surface area contributed by atoms with Gasteiger partial charge in [-0.3, -0.25) is 0 Å². The molecular weight excluding hydrogens is 394 g/mol. The molecule has 1 atom stereocenters. The number of benzene rings is 2. The Morgan fingerprint density at radius 3 is 2.26 bits per heavy atom. The standard InChI is InChI=1S/C25H31NO5/c1-25(2,3)31-24(28)26-22(23(27)30-21-11-7-8-12-21)19-13-15-20(16-14-19)29-17-18-9-5-4-6-10-18/h4-6,9-10,13-16,21-22H,7-8,11-12,17H2,1-3H3,(H,26,28)/t22-/m0/s1. The number of hydrogen-bond donors (Lipinski definition) is 1. The largest absolute Gasteiger partial charge is 0.489 e. The molecule has 0 saturated heterocycles. The normalized spacial score (nSPS) is 15.2. The van der Waals surface area contributed by atoms with Crippen molar-refractivity contribution < 1.29 is 23.8 Å². The van der Waals surface area contributed by atoms with Crippen LogP contribution in [-0.4, -0.2) is 23.8 Å². The first-order chi connectivity index (χ1) is 14.8. The Morgan fingerprint density at radius 1 is 1.00 bits per heavy atom. The van der Waals surface area contributed by atoms with Crippen molar-refractivity contribution in [2.45, 2.75) is 70.8 Å². The average molecular weight is 426 g/mol. The highest BCUT2D eigenvalue weighted by atomic mass is 16.6. The lowest BCUT2D eigenvalue weighted by Gasteiger charge is -2.24. The van der Waals surface area contributed by atoms with Crippen LogP contribution in [-0.2, 0) is 20.9 Å². The highest BCUT2D eigenvalue weighted by Gasteiger charge is 2.30. The molecule has 0 heterocycles. The van der Waals surface area contributed by atoms with Gasteiger partial charge in [-0.1, -0.05) is 42.5 Å². The van der Waals surface area contributed by atoms with Crippen molar-refractivity contribution in [1.29, 1.82) is 0 Å². The number of nitrogens with one attached hydrogen (secondary N) is 1. The second kappa shape index (κ2) is 10.3. The van der Waals surface area contributed by atoms with Crippen LogP contribution in [0.1, 0.15) is 63.6 Å². The van der Waals surface area contributed by atoms with Crippen LogP contribution in [0.15, 0.2) is 54.6 Å². The smallest absolute Gasteiger partial charge is 0.408 e. The minimum absolute atomic E-state index is 0.0936. The molecule has 6 nitrogen and oxygen atoms in total. The van der Waals surface area contributed by atoms with Crippen LogP contribution in [0.4, 0.5) is 4.79 Å². The van der Waals surface area contributed by atoms with Crippen LogP contribution in [0.25, 0.3) is 0 Å². The van der Waals surface area contributed by atoms with Crippen LogP contribution in [0.2, 0.25) is 0 Å². The fourth-order valence-corrected chi connectivity index (χ4v) is 3.44. The van der Waals surface area contributed by atoms with E-state index in [2.05, 4.69) is 5.32 Å². The second-order valence-electron chi connectivity index (χ2n) is 8.77. The van der Waals surface area contributed by atoms with Gasteiger partial charge in [0.15, 0.2) is 6.04 Å². The predicted molar refractivity (Wildman–Crippen MR) is 118 cm³/mol. The summed E-state index contributed by atoms with van der Waals surface area (Å²) in [6.45, 7) is 5.77. The zero-order valence-electron chi connectivity index (χ0n) is 18.4. The molecule has 6 heteroatoms. The summed E-state index contributed by atoms with van der Waals surface area (Å²) in [4.78, 5) is 25.2. The third-order valence-electron chi connectivity index (χ3n) is 4.94. The van der Waals surface area contributed by atoms with Crippen LogP contribution in [0.5, 0.6) is 5.75 Å². The Hall–Kier alpha value is -3.02. The minimum atomic E-state index is -0.946. The molecule has 1 fully saturated rings. The zero-order chi connectivity index (χ0) is 22.3. The lowest BCUT2D eigenvalue weighted by molar-refractivity contribution is -0.151. The number of ether oxygens (including phenoxy) is 3. The summed E-state index contributed by atoms with van der Waals surface area (Å²) < 4.78 is 16.8. The first kappa shape index (κ1) is 22.7. The second-order valence-corrected chi connectivity index (χ2v) is 8.77. The van der Waals surface area contributed by atoms with Gasteiger partial charge in [-0.2, -0.15) is 0 Å². The van der Waals surface area contributed by atoms with E-state index in [9.17, 15) is 9.59 Å². The van der Waals surface area contributed by atoms with E-state index in [0.717, 1.165) is 31.2 Å². The van der Waals surface area contributed by atoms with Crippen LogP contribution < -0.4 is 10.1 Å². The average Bonchev–Trinajstić information content (AvgIpc) is 3.23. The summed E-state index contributed by atoms with van der Waals surface area (Å²) in [5, 5.41) is 2.66. The van der Waals surface area contributed by atoms with E-state index in [-0.39, 0.29) is 6.10 Å². The third-order valence-corrected chi connectivity index (χ3v) is 4.94. The van der Waals surface area contributed by atoms with Gasteiger partial charge in [0, 0.05) is 0 Å². The van der Waals surface area contributed by atoms with E-state index in [4.69, 9.17) is 14.2 Å². The quantitative estimate of drug-likeness (QED) is 0.608. The Bertz CT molecular complexity index is 852. The van der Waals surface area contributed by atoms with Gasteiger partial charge >= 0.3 is 12.1 Å². The summed E-state index contributed by atoms with van der Waals surface area (Å²) in [6, 6.07) is 16.0. The van der Waals surface area contributed by atoms with E-state index in [0.29, 0.717) is 17.9 Å². The molecular formula is C25H31NO5. The van der Waals surface area contributed by atoms with Crippen molar-refractivity contribution >= 4 is 12.1 Å². The predicted octanol–water partition coefficient (Wildman–Crippen LogP) is 5.32.